The average molecular weight is 393 g/mol. The van der Waals surface area contributed by atoms with E-state index >= 15 is 0 Å². The molecule has 2 atom stereocenters. The second kappa shape index (κ2) is 8.61. The van der Waals surface area contributed by atoms with Crippen molar-refractivity contribution in [3.63, 3.8) is 0 Å². The molecule has 0 saturated heterocycles. The topological polar surface area (TPSA) is 90.6 Å². The van der Waals surface area contributed by atoms with E-state index < -0.39 is 5.82 Å². The van der Waals surface area contributed by atoms with Gasteiger partial charge in [-0.05, 0) is 51.2 Å². The zero-order valence-corrected chi connectivity index (χ0v) is 16.7. The number of fused-ring (bicyclic) bond motifs is 1. The summed E-state index contributed by atoms with van der Waals surface area (Å²) < 4.78 is 16.4. The zero-order valence-electron chi connectivity index (χ0n) is 16.7. The predicted molar refractivity (Wildman–Crippen MR) is 113 cm³/mol. The number of hydrogen-bond acceptors (Lipinski definition) is 6. The Balaban J connectivity index is 1.90. The van der Waals surface area contributed by atoms with Gasteiger partial charge in [-0.25, -0.2) is 9.37 Å². The molecule has 1 aromatic carbocycles. The zero-order chi connectivity index (χ0) is 21.0. The third-order valence-corrected chi connectivity index (χ3v) is 4.80. The number of nitrogens with one attached hydrogen (secondary N) is 3. The molecule has 2 aromatic heterocycles. The highest BCUT2D eigenvalue weighted by Crippen LogP contribution is 2.26. The Morgan fingerprint density at radius 3 is 2.76 bits per heavy atom. The van der Waals surface area contributed by atoms with Gasteiger partial charge in [-0.2, -0.15) is 10.4 Å². The van der Waals surface area contributed by atoms with Gasteiger partial charge < -0.3 is 16.0 Å². The summed E-state index contributed by atoms with van der Waals surface area (Å²) in [4.78, 5) is 4.33. The standard InChI is InChI=1S/C21H24FN7/c1-5-24-13(3)14(4)26-21-18(22)10-15(11-23)20(28-21)27-17-7-8-19-16(9-17)12-25-29(19)6-2/h5,7-10,12-14,24H,1,6H2,2-4H3,(H2,26,27,28). The van der Waals surface area contributed by atoms with E-state index in [9.17, 15) is 9.65 Å². The Labute approximate surface area is 169 Å². The van der Waals surface area contributed by atoms with Crippen LogP contribution in [0.25, 0.3) is 10.9 Å². The molecular weight excluding hydrogens is 369 g/mol. The average Bonchev–Trinajstić information content (AvgIpc) is 3.12. The van der Waals surface area contributed by atoms with Crippen LogP contribution in [0.3, 0.4) is 0 Å². The van der Waals surface area contributed by atoms with Crippen molar-refractivity contribution in [2.75, 3.05) is 10.6 Å². The van der Waals surface area contributed by atoms with E-state index in [1.165, 1.54) is 6.07 Å². The first-order chi connectivity index (χ1) is 14.0. The van der Waals surface area contributed by atoms with Crippen LogP contribution in [0.1, 0.15) is 26.3 Å². The number of nitrogens with zero attached hydrogens (tertiary/aromatic N) is 4. The minimum Gasteiger partial charge on any atom is -0.387 e. The summed E-state index contributed by atoms with van der Waals surface area (Å²) in [6, 6.07) is 8.83. The predicted octanol–water partition coefficient (Wildman–Crippen LogP) is 4.13. The maximum atomic E-state index is 14.5. The van der Waals surface area contributed by atoms with E-state index in [2.05, 4.69) is 32.6 Å². The molecule has 0 fully saturated rings. The van der Waals surface area contributed by atoms with Crippen LogP contribution in [0, 0.1) is 17.1 Å². The van der Waals surface area contributed by atoms with Crippen molar-refractivity contribution >= 4 is 28.2 Å². The molecule has 0 saturated carbocycles. The van der Waals surface area contributed by atoms with Crippen molar-refractivity contribution < 1.29 is 4.39 Å². The van der Waals surface area contributed by atoms with Crippen LogP contribution < -0.4 is 16.0 Å². The Hall–Kier alpha value is -3.60. The number of halogens is 1. The van der Waals surface area contributed by atoms with E-state index in [-0.39, 0.29) is 29.3 Å². The molecule has 2 unspecified atom stereocenters. The number of aryl methyl sites for hydroxylation is 1. The van der Waals surface area contributed by atoms with Gasteiger partial charge in [0.25, 0.3) is 0 Å². The SMILES string of the molecule is C=CNC(C)C(C)Nc1nc(Nc2ccc3c(cnn3CC)c2)c(C#N)cc1F. The van der Waals surface area contributed by atoms with Gasteiger partial charge >= 0.3 is 0 Å². The Bertz CT molecular complexity index is 1070. The summed E-state index contributed by atoms with van der Waals surface area (Å²) >= 11 is 0. The highest BCUT2D eigenvalue weighted by atomic mass is 19.1. The molecule has 3 aromatic rings. The molecule has 0 radical (unpaired) electrons. The summed E-state index contributed by atoms with van der Waals surface area (Å²) in [5.41, 5.74) is 1.89. The molecular formula is C21H24FN7. The van der Waals surface area contributed by atoms with Gasteiger partial charge in [0.15, 0.2) is 17.5 Å². The van der Waals surface area contributed by atoms with E-state index in [0.717, 1.165) is 23.1 Å². The third kappa shape index (κ3) is 4.29. The normalized spacial score (nSPS) is 12.8. The number of benzene rings is 1. The second-order valence-electron chi connectivity index (χ2n) is 6.78. The molecule has 150 valence electrons. The molecule has 3 rings (SSSR count). The summed E-state index contributed by atoms with van der Waals surface area (Å²) in [6.07, 6.45) is 3.38. The lowest BCUT2D eigenvalue weighted by molar-refractivity contribution is 0.555. The first kappa shape index (κ1) is 20.1. The van der Waals surface area contributed by atoms with Gasteiger partial charge in [-0.15, -0.1) is 0 Å². The van der Waals surface area contributed by atoms with Gasteiger partial charge in [0.1, 0.15) is 6.07 Å². The fourth-order valence-electron chi connectivity index (χ4n) is 3.00. The molecule has 29 heavy (non-hydrogen) atoms. The first-order valence-corrected chi connectivity index (χ1v) is 9.43. The minimum absolute atomic E-state index is 0.0123. The summed E-state index contributed by atoms with van der Waals surface area (Å²) in [5, 5.41) is 24.0. The number of aromatic nitrogens is 3. The highest BCUT2D eigenvalue weighted by Gasteiger charge is 2.17. The Kier molecular flexibility index (Phi) is 5.98. The van der Waals surface area contributed by atoms with Crippen molar-refractivity contribution in [3.8, 4) is 6.07 Å². The maximum Gasteiger partial charge on any atom is 0.166 e. The number of nitriles is 1. The fraction of sp³-hybridized carbons (Fsp3) is 0.286. The molecule has 0 aliphatic rings. The second-order valence-corrected chi connectivity index (χ2v) is 6.78. The summed E-state index contributed by atoms with van der Waals surface area (Å²) in [5.74, 6) is -0.212. The maximum absolute atomic E-state index is 14.5. The lowest BCUT2D eigenvalue weighted by atomic mass is 10.1. The molecule has 0 spiro atoms. The number of pyridine rings is 1. The quantitative estimate of drug-likeness (QED) is 0.533. The van der Waals surface area contributed by atoms with Crippen molar-refractivity contribution in [2.24, 2.45) is 0 Å². The molecule has 0 amide bonds. The van der Waals surface area contributed by atoms with Gasteiger partial charge in [-0.1, -0.05) is 6.58 Å². The third-order valence-electron chi connectivity index (χ3n) is 4.80. The number of anilines is 3. The summed E-state index contributed by atoms with van der Waals surface area (Å²) in [6.45, 7) is 10.3. The first-order valence-electron chi connectivity index (χ1n) is 9.43. The van der Waals surface area contributed by atoms with Crippen molar-refractivity contribution in [3.05, 3.63) is 54.6 Å². The van der Waals surface area contributed by atoms with Gasteiger partial charge in [-0.3, -0.25) is 4.68 Å². The van der Waals surface area contributed by atoms with Gasteiger partial charge in [0.2, 0.25) is 0 Å². The molecule has 0 aliphatic heterocycles. The summed E-state index contributed by atoms with van der Waals surface area (Å²) in [7, 11) is 0. The van der Waals surface area contributed by atoms with E-state index in [1.54, 1.807) is 12.4 Å². The van der Waals surface area contributed by atoms with Crippen molar-refractivity contribution in [2.45, 2.75) is 39.4 Å². The number of hydrogen-bond donors (Lipinski definition) is 3. The van der Waals surface area contributed by atoms with Crippen LogP contribution in [0.4, 0.5) is 21.7 Å². The van der Waals surface area contributed by atoms with E-state index in [4.69, 9.17) is 0 Å². The monoisotopic (exact) mass is 393 g/mol. The molecule has 0 aliphatic carbocycles. The van der Waals surface area contributed by atoms with Crippen LogP contribution >= 0.6 is 0 Å². The Morgan fingerprint density at radius 1 is 1.28 bits per heavy atom. The van der Waals surface area contributed by atoms with Gasteiger partial charge in [0, 0.05) is 29.7 Å². The van der Waals surface area contributed by atoms with Crippen molar-refractivity contribution in [1.29, 1.82) is 5.26 Å². The van der Waals surface area contributed by atoms with Crippen molar-refractivity contribution in [1.82, 2.24) is 20.1 Å². The van der Waals surface area contributed by atoms with Crippen LogP contribution in [-0.2, 0) is 6.54 Å². The molecule has 7 nitrogen and oxygen atoms in total. The highest BCUT2D eigenvalue weighted by molar-refractivity contribution is 5.83. The molecule has 2 heterocycles. The van der Waals surface area contributed by atoms with Crippen LogP contribution in [0.15, 0.2) is 43.2 Å². The van der Waals surface area contributed by atoms with E-state index in [0.29, 0.717) is 0 Å². The lowest BCUT2D eigenvalue weighted by Crippen LogP contribution is -2.37. The lowest BCUT2D eigenvalue weighted by Gasteiger charge is -2.22. The molecule has 0 bridgehead atoms. The fourth-order valence-corrected chi connectivity index (χ4v) is 3.00. The largest absolute Gasteiger partial charge is 0.387 e. The smallest absolute Gasteiger partial charge is 0.166 e. The number of rotatable bonds is 8. The van der Waals surface area contributed by atoms with E-state index in [1.807, 2.05) is 49.7 Å². The minimum atomic E-state index is -0.579. The van der Waals surface area contributed by atoms with Crippen LogP contribution in [0.2, 0.25) is 0 Å². The molecule has 3 N–H and O–H groups in total. The van der Waals surface area contributed by atoms with Crippen LogP contribution in [0.5, 0.6) is 0 Å². The Morgan fingerprint density at radius 2 is 2.07 bits per heavy atom. The molecule has 8 heteroatoms. The van der Waals surface area contributed by atoms with Crippen LogP contribution in [-0.4, -0.2) is 26.8 Å². The van der Waals surface area contributed by atoms with Gasteiger partial charge in [0.05, 0.1) is 17.3 Å².